The van der Waals surface area contributed by atoms with Gasteiger partial charge in [0.15, 0.2) is 0 Å². The Balaban J connectivity index is 2.41. The molecule has 1 unspecified atom stereocenters. The summed E-state index contributed by atoms with van der Waals surface area (Å²) in [5.41, 5.74) is 5.43. The summed E-state index contributed by atoms with van der Waals surface area (Å²) in [7, 11) is 0. The molecule has 12 heavy (non-hydrogen) atoms. The summed E-state index contributed by atoms with van der Waals surface area (Å²) in [6.07, 6.45) is 8.39. The molecule has 1 saturated heterocycles. The molecular weight excluding hydrogens is 148 g/mol. The molecule has 0 aromatic heterocycles. The van der Waals surface area contributed by atoms with Gasteiger partial charge in [-0.05, 0) is 25.9 Å². The minimum absolute atomic E-state index is 0.660. The molecule has 1 rings (SSSR count). The quantitative estimate of drug-likeness (QED) is 0.645. The number of nitrogens with zero attached hydrogens (tertiary/aromatic N) is 1. The standard InChI is InChI=1S/C10H20N2/c1-2-12-9-4-3-6-10(12)7-5-8-11/h5,7,10H,2-4,6,8-9,11H2,1H3/b7-5-. The summed E-state index contributed by atoms with van der Waals surface area (Å²) in [5.74, 6) is 0. The number of rotatable bonds is 3. The van der Waals surface area contributed by atoms with Crippen LogP contribution in [-0.2, 0) is 0 Å². The van der Waals surface area contributed by atoms with Crippen LogP contribution >= 0.6 is 0 Å². The highest BCUT2D eigenvalue weighted by atomic mass is 15.1. The normalized spacial score (nSPS) is 26.7. The van der Waals surface area contributed by atoms with Crippen molar-refractivity contribution in [2.24, 2.45) is 5.73 Å². The van der Waals surface area contributed by atoms with Gasteiger partial charge in [0.2, 0.25) is 0 Å². The largest absolute Gasteiger partial charge is 0.327 e. The van der Waals surface area contributed by atoms with Gasteiger partial charge in [-0.2, -0.15) is 0 Å². The molecule has 70 valence electrons. The zero-order valence-corrected chi connectivity index (χ0v) is 8.00. The fraction of sp³-hybridized carbons (Fsp3) is 0.800. The molecule has 1 aliphatic rings. The molecular formula is C10H20N2. The van der Waals surface area contributed by atoms with Crippen molar-refractivity contribution in [2.45, 2.75) is 32.2 Å². The van der Waals surface area contributed by atoms with Gasteiger partial charge in [0.1, 0.15) is 0 Å². The lowest BCUT2D eigenvalue weighted by molar-refractivity contribution is 0.189. The van der Waals surface area contributed by atoms with Crippen molar-refractivity contribution < 1.29 is 0 Å². The van der Waals surface area contributed by atoms with Gasteiger partial charge in [-0.1, -0.05) is 25.5 Å². The number of nitrogens with two attached hydrogens (primary N) is 1. The van der Waals surface area contributed by atoms with E-state index in [2.05, 4.69) is 24.0 Å². The van der Waals surface area contributed by atoms with Gasteiger partial charge in [0.05, 0.1) is 0 Å². The van der Waals surface area contributed by atoms with E-state index >= 15 is 0 Å². The molecule has 2 N–H and O–H groups in total. The predicted molar refractivity (Wildman–Crippen MR) is 53.1 cm³/mol. The topological polar surface area (TPSA) is 29.3 Å². The molecule has 1 aliphatic heterocycles. The van der Waals surface area contributed by atoms with Crippen LogP contribution in [0, 0.1) is 0 Å². The smallest absolute Gasteiger partial charge is 0.0278 e. The Morgan fingerprint density at radius 3 is 3.00 bits per heavy atom. The van der Waals surface area contributed by atoms with Gasteiger partial charge in [-0.25, -0.2) is 0 Å². The van der Waals surface area contributed by atoms with Crippen LogP contribution in [0.4, 0.5) is 0 Å². The zero-order valence-electron chi connectivity index (χ0n) is 8.00. The molecule has 0 saturated carbocycles. The van der Waals surface area contributed by atoms with E-state index in [0.717, 1.165) is 0 Å². The van der Waals surface area contributed by atoms with Gasteiger partial charge in [-0.15, -0.1) is 0 Å². The van der Waals surface area contributed by atoms with Crippen LogP contribution in [0.5, 0.6) is 0 Å². The highest BCUT2D eigenvalue weighted by Crippen LogP contribution is 2.17. The first kappa shape index (κ1) is 9.75. The Morgan fingerprint density at radius 1 is 1.50 bits per heavy atom. The maximum atomic E-state index is 5.43. The SMILES string of the molecule is CCN1CCCCC1/C=C\CN. The molecule has 1 heterocycles. The van der Waals surface area contributed by atoms with Crippen molar-refractivity contribution in [3.63, 3.8) is 0 Å². The zero-order chi connectivity index (χ0) is 8.81. The summed E-state index contributed by atoms with van der Waals surface area (Å²) in [5, 5.41) is 0. The number of likely N-dealkylation sites (tertiary alicyclic amines) is 1. The lowest BCUT2D eigenvalue weighted by Gasteiger charge is -2.32. The first-order valence-corrected chi connectivity index (χ1v) is 4.99. The fourth-order valence-corrected chi connectivity index (χ4v) is 1.86. The van der Waals surface area contributed by atoms with Crippen molar-refractivity contribution in [2.75, 3.05) is 19.6 Å². The molecule has 0 aliphatic carbocycles. The molecule has 1 atom stereocenters. The Labute approximate surface area is 75.4 Å². The molecule has 0 aromatic rings. The van der Waals surface area contributed by atoms with Gasteiger partial charge in [0, 0.05) is 12.6 Å². The maximum absolute atomic E-state index is 5.43. The van der Waals surface area contributed by atoms with Gasteiger partial charge < -0.3 is 5.73 Å². The molecule has 0 bridgehead atoms. The minimum Gasteiger partial charge on any atom is -0.327 e. The van der Waals surface area contributed by atoms with E-state index in [9.17, 15) is 0 Å². The second-order valence-electron chi connectivity index (χ2n) is 3.36. The lowest BCUT2D eigenvalue weighted by atomic mass is 10.0. The number of likely N-dealkylation sites (N-methyl/N-ethyl adjacent to an activating group) is 1. The van der Waals surface area contributed by atoms with Gasteiger partial charge in [0.25, 0.3) is 0 Å². The monoisotopic (exact) mass is 168 g/mol. The molecule has 0 radical (unpaired) electrons. The lowest BCUT2D eigenvalue weighted by Crippen LogP contribution is -2.37. The van der Waals surface area contributed by atoms with Crippen molar-refractivity contribution in [1.82, 2.24) is 4.90 Å². The minimum atomic E-state index is 0.660. The molecule has 1 fully saturated rings. The molecule has 2 nitrogen and oxygen atoms in total. The first-order valence-electron chi connectivity index (χ1n) is 4.99. The van der Waals surface area contributed by atoms with Crippen molar-refractivity contribution >= 4 is 0 Å². The summed E-state index contributed by atoms with van der Waals surface area (Å²) < 4.78 is 0. The summed E-state index contributed by atoms with van der Waals surface area (Å²) in [4.78, 5) is 2.52. The maximum Gasteiger partial charge on any atom is 0.0278 e. The van der Waals surface area contributed by atoms with E-state index in [-0.39, 0.29) is 0 Å². The van der Waals surface area contributed by atoms with E-state index in [0.29, 0.717) is 12.6 Å². The van der Waals surface area contributed by atoms with Crippen molar-refractivity contribution in [3.8, 4) is 0 Å². The number of hydrogen-bond acceptors (Lipinski definition) is 2. The van der Waals surface area contributed by atoms with E-state index in [4.69, 9.17) is 5.73 Å². The predicted octanol–water partition coefficient (Wildman–Crippen LogP) is 1.38. The fourth-order valence-electron chi connectivity index (χ4n) is 1.86. The first-order chi connectivity index (χ1) is 5.88. The van der Waals surface area contributed by atoms with Crippen LogP contribution in [-0.4, -0.2) is 30.6 Å². The third kappa shape index (κ3) is 2.61. The Bertz CT molecular complexity index is 143. The van der Waals surface area contributed by atoms with E-state index in [1.54, 1.807) is 0 Å². The molecule has 2 heteroatoms. The third-order valence-electron chi connectivity index (χ3n) is 2.56. The van der Waals surface area contributed by atoms with Crippen LogP contribution in [0.1, 0.15) is 26.2 Å². The second kappa shape index (κ2) is 5.33. The second-order valence-corrected chi connectivity index (χ2v) is 3.36. The summed E-state index contributed by atoms with van der Waals surface area (Å²) in [6, 6.07) is 0.660. The molecule has 0 spiro atoms. The average molecular weight is 168 g/mol. The van der Waals surface area contributed by atoms with Crippen LogP contribution in [0.2, 0.25) is 0 Å². The van der Waals surface area contributed by atoms with E-state index in [1.807, 2.05) is 0 Å². The van der Waals surface area contributed by atoms with Crippen molar-refractivity contribution in [3.05, 3.63) is 12.2 Å². The average Bonchev–Trinajstić information content (AvgIpc) is 2.15. The van der Waals surface area contributed by atoms with Gasteiger partial charge in [-0.3, -0.25) is 4.90 Å². The van der Waals surface area contributed by atoms with E-state index in [1.165, 1.54) is 32.4 Å². The van der Waals surface area contributed by atoms with Crippen LogP contribution in [0.3, 0.4) is 0 Å². The Morgan fingerprint density at radius 2 is 2.33 bits per heavy atom. The van der Waals surface area contributed by atoms with Crippen LogP contribution in [0.25, 0.3) is 0 Å². The Hall–Kier alpha value is -0.340. The molecule has 0 aromatic carbocycles. The number of hydrogen-bond donors (Lipinski definition) is 1. The van der Waals surface area contributed by atoms with Crippen LogP contribution in [0.15, 0.2) is 12.2 Å². The van der Waals surface area contributed by atoms with Gasteiger partial charge >= 0.3 is 0 Å². The highest BCUT2D eigenvalue weighted by molar-refractivity contribution is 4.96. The summed E-state index contributed by atoms with van der Waals surface area (Å²) >= 11 is 0. The summed E-state index contributed by atoms with van der Waals surface area (Å²) in [6.45, 7) is 5.33. The third-order valence-corrected chi connectivity index (χ3v) is 2.56. The Kier molecular flexibility index (Phi) is 4.33. The highest BCUT2D eigenvalue weighted by Gasteiger charge is 2.17. The van der Waals surface area contributed by atoms with Crippen molar-refractivity contribution in [1.29, 1.82) is 0 Å². The number of piperidine rings is 1. The molecule has 0 amide bonds. The van der Waals surface area contributed by atoms with E-state index < -0.39 is 0 Å². The van der Waals surface area contributed by atoms with Crippen LogP contribution < -0.4 is 5.73 Å².